The van der Waals surface area contributed by atoms with E-state index in [1.54, 1.807) is 0 Å². The molecule has 0 amide bonds. The number of nitrogens with one attached hydrogen (secondary N) is 1. The van der Waals surface area contributed by atoms with Gasteiger partial charge in [0.15, 0.2) is 0 Å². The van der Waals surface area contributed by atoms with E-state index in [2.05, 4.69) is 33.7 Å². The van der Waals surface area contributed by atoms with Crippen LogP contribution in [0.5, 0.6) is 0 Å². The van der Waals surface area contributed by atoms with Gasteiger partial charge in [0.2, 0.25) is 0 Å². The predicted octanol–water partition coefficient (Wildman–Crippen LogP) is 2.43. The summed E-state index contributed by atoms with van der Waals surface area (Å²) in [5.41, 5.74) is 0. The monoisotopic (exact) mass is 314 g/mol. The Balaban J connectivity index is 0.000000215. The smallest absolute Gasteiger partial charge is 0 e. The van der Waals surface area contributed by atoms with E-state index in [1.807, 2.05) is 24.3 Å². The average molecular weight is 315 g/mol. The van der Waals surface area contributed by atoms with E-state index in [4.69, 9.17) is 0 Å². The van der Waals surface area contributed by atoms with E-state index in [-0.39, 0.29) is 32.7 Å². The van der Waals surface area contributed by atoms with Crippen LogP contribution in [0, 0.1) is 12.5 Å². The van der Waals surface area contributed by atoms with Crippen LogP contribution < -0.4 is 5.32 Å². The van der Waals surface area contributed by atoms with Crippen LogP contribution in [-0.2, 0) is 32.7 Å². The topological polar surface area (TPSA) is 12.0 Å². The average Bonchev–Trinajstić information content (AvgIpc) is 2.62. The predicted molar refractivity (Wildman–Crippen MR) is 54.8 cm³/mol. The molecule has 0 unspecified atom stereocenters. The van der Waals surface area contributed by atoms with Gasteiger partial charge in [0.1, 0.15) is 0 Å². The standard InChI is InChI=1S/C6H4Br.C4H8N.Y/c7-6-4-2-1-3-5-6;1-2-4-5-3-1;/h2-5H;1,5H,2-4H2;/q2*-1;. The Kier molecular flexibility index (Phi) is 9.87. The SMILES string of the molecule is Brc1cc[c-]cc1.[CH-]1CCNC1.[Y]. The van der Waals surface area contributed by atoms with Crippen LogP contribution in [0.3, 0.4) is 0 Å². The molecule has 0 aliphatic carbocycles. The zero-order chi connectivity index (χ0) is 8.65. The third kappa shape index (κ3) is 7.81. The zero-order valence-corrected chi connectivity index (χ0v) is 11.9. The summed E-state index contributed by atoms with van der Waals surface area (Å²) in [7, 11) is 0. The normalized spacial score (nSPS) is 13.9. The minimum Gasteiger partial charge on any atom is -0.349 e. The Morgan fingerprint density at radius 1 is 1.38 bits per heavy atom. The first-order chi connectivity index (χ1) is 5.89. The van der Waals surface area contributed by atoms with Crippen LogP contribution in [0.2, 0.25) is 0 Å². The first-order valence-electron chi connectivity index (χ1n) is 4.03. The number of halogens is 1. The van der Waals surface area contributed by atoms with Crippen LogP contribution in [-0.4, -0.2) is 13.1 Å². The molecule has 1 heterocycles. The second-order valence-corrected chi connectivity index (χ2v) is 3.42. The Bertz CT molecular complexity index is 192. The molecule has 0 atom stereocenters. The Morgan fingerprint density at radius 2 is 2.08 bits per heavy atom. The van der Waals surface area contributed by atoms with E-state index in [9.17, 15) is 0 Å². The minimum atomic E-state index is 0. The first-order valence-corrected chi connectivity index (χ1v) is 4.83. The molecule has 1 fully saturated rings. The van der Waals surface area contributed by atoms with Crippen molar-refractivity contribution in [3.8, 4) is 0 Å². The summed E-state index contributed by atoms with van der Waals surface area (Å²) in [4.78, 5) is 0. The molecule has 13 heavy (non-hydrogen) atoms. The molecule has 1 radical (unpaired) electrons. The van der Waals surface area contributed by atoms with Gasteiger partial charge in [0.25, 0.3) is 0 Å². The van der Waals surface area contributed by atoms with Gasteiger partial charge >= 0.3 is 0 Å². The summed E-state index contributed by atoms with van der Waals surface area (Å²) >= 11 is 3.29. The van der Waals surface area contributed by atoms with Gasteiger partial charge in [-0.3, -0.25) is 0 Å². The molecule has 0 aromatic heterocycles. The van der Waals surface area contributed by atoms with Crippen molar-refractivity contribution in [3.63, 3.8) is 0 Å². The molecular formula is C10H12BrNY-2. The quantitative estimate of drug-likeness (QED) is 0.725. The third-order valence-electron chi connectivity index (χ3n) is 1.49. The molecule has 1 N–H and O–H groups in total. The Labute approximate surface area is 114 Å². The second-order valence-electron chi connectivity index (χ2n) is 2.50. The molecular weight excluding hydrogens is 303 g/mol. The van der Waals surface area contributed by atoms with Crippen LogP contribution in [0.1, 0.15) is 6.42 Å². The van der Waals surface area contributed by atoms with E-state index in [1.165, 1.54) is 13.0 Å². The van der Waals surface area contributed by atoms with Gasteiger partial charge in [-0.2, -0.15) is 36.8 Å². The van der Waals surface area contributed by atoms with Crippen molar-refractivity contribution in [2.75, 3.05) is 13.1 Å². The van der Waals surface area contributed by atoms with Crippen LogP contribution in [0.25, 0.3) is 0 Å². The minimum absolute atomic E-state index is 0. The molecule has 1 nitrogen and oxygen atoms in total. The number of hydrogen-bond acceptors (Lipinski definition) is 1. The maximum absolute atomic E-state index is 3.29. The number of hydrogen-bond donors (Lipinski definition) is 1. The number of benzene rings is 1. The number of rotatable bonds is 0. The van der Waals surface area contributed by atoms with Crippen molar-refractivity contribution < 1.29 is 32.7 Å². The molecule has 1 aromatic rings. The summed E-state index contributed by atoms with van der Waals surface area (Å²) in [6.45, 7) is 2.32. The van der Waals surface area contributed by atoms with Crippen LogP contribution >= 0.6 is 15.9 Å². The summed E-state index contributed by atoms with van der Waals surface area (Å²) in [6, 6.07) is 10.5. The maximum atomic E-state index is 3.29. The molecule has 0 bridgehead atoms. The Hall–Kier alpha value is 0.764. The fourth-order valence-electron chi connectivity index (χ4n) is 0.877. The zero-order valence-electron chi connectivity index (χ0n) is 7.46. The molecule has 69 valence electrons. The van der Waals surface area contributed by atoms with E-state index >= 15 is 0 Å². The van der Waals surface area contributed by atoms with Gasteiger partial charge in [-0.25, -0.2) is 0 Å². The van der Waals surface area contributed by atoms with Crippen molar-refractivity contribution in [2.45, 2.75) is 6.42 Å². The molecule has 0 saturated carbocycles. The van der Waals surface area contributed by atoms with Gasteiger partial charge in [0, 0.05) is 32.7 Å². The maximum Gasteiger partial charge on any atom is 0 e. The molecule has 3 heteroatoms. The summed E-state index contributed by atoms with van der Waals surface area (Å²) in [5.74, 6) is 0. The molecule has 1 aliphatic rings. The van der Waals surface area contributed by atoms with Crippen LogP contribution in [0.15, 0.2) is 28.7 Å². The van der Waals surface area contributed by atoms with Crippen LogP contribution in [0.4, 0.5) is 0 Å². The fourth-order valence-corrected chi connectivity index (χ4v) is 1.14. The largest absolute Gasteiger partial charge is 0.349 e. The second kappa shape index (κ2) is 9.32. The van der Waals surface area contributed by atoms with Crippen molar-refractivity contribution in [2.24, 2.45) is 0 Å². The van der Waals surface area contributed by atoms with Crippen molar-refractivity contribution in [1.29, 1.82) is 0 Å². The van der Waals surface area contributed by atoms with Crippen molar-refractivity contribution >= 4 is 15.9 Å². The molecule has 1 saturated heterocycles. The van der Waals surface area contributed by atoms with Crippen molar-refractivity contribution in [3.05, 3.63) is 41.2 Å². The van der Waals surface area contributed by atoms with E-state index < -0.39 is 0 Å². The van der Waals surface area contributed by atoms with Gasteiger partial charge in [-0.1, -0.05) is 20.4 Å². The first kappa shape index (κ1) is 13.8. The van der Waals surface area contributed by atoms with Gasteiger partial charge < -0.3 is 11.7 Å². The van der Waals surface area contributed by atoms with Gasteiger partial charge in [-0.05, 0) is 6.54 Å². The van der Waals surface area contributed by atoms with Gasteiger partial charge in [0.05, 0.1) is 0 Å². The Morgan fingerprint density at radius 3 is 2.31 bits per heavy atom. The molecule has 1 aliphatic heterocycles. The summed E-state index contributed by atoms with van der Waals surface area (Å²) in [5, 5.41) is 3.17. The summed E-state index contributed by atoms with van der Waals surface area (Å²) in [6.07, 6.45) is 3.51. The van der Waals surface area contributed by atoms with E-state index in [0.29, 0.717) is 0 Å². The fraction of sp³-hybridized carbons (Fsp3) is 0.300. The summed E-state index contributed by atoms with van der Waals surface area (Å²) < 4.78 is 1.10. The van der Waals surface area contributed by atoms with E-state index in [0.717, 1.165) is 11.0 Å². The molecule has 0 spiro atoms. The van der Waals surface area contributed by atoms with Crippen molar-refractivity contribution in [1.82, 2.24) is 5.32 Å². The molecule has 2 rings (SSSR count). The van der Waals surface area contributed by atoms with Gasteiger partial charge in [-0.15, -0.1) is 6.54 Å². The molecule has 1 aromatic carbocycles. The third-order valence-corrected chi connectivity index (χ3v) is 2.02.